The van der Waals surface area contributed by atoms with Gasteiger partial charge in [-0.2, -0.15) is 5.10 Å². The number of halogens is 1. The molecule has 0 saturated heterocycles. The van der Waals surface area contributed by atoms with Gasteiger partial charge in [0.15, 0.2) is 0 Å². The lowest BCUT2D eigenvalue weighted by atomic mass is 10.1. The van der Waals surface area contributed by atoms with Gasteiger partial charge in [-0.25, -0.2) is 0 Å². The van der Waals surface area contributed by atoms with Gasteiger partial charge in [-0.3, -0.25) is 0 Å². The molecule has 0 amide bonds. The number of aryl methyl sites for hydroxylation is 1. The molecule has 0 bridgehead atoms. The number of para-hydroxylation sites is 1. The average molecular weight is 316 g/mol. The fraction of sp³-hybridized carbons (Fsp3) is 0.125. The number of nitrogens with zero attached hydrogens (tertiary/aromatic N) is 3. The highest BCUT2D eigenvalue weighted by atomic mass is 35.5. The van der Waals surface area contributed by atoms with Crippen molar-refractivity contribution in [1.29, 1.82) is 0 Å². The Kier molecular flexibility index (Phi) is 3.90. The minimum Gasteiger partial charge on any atom is -0.318 e. The van der Waals surface area contributed by atoms with Crippen LogP contribution >= 0.6 is 22.9 Å². The molecule has 0 fully saturated rings. The third kappa shape index (κ3) is 2.77. The lowest BCUT2D eigenvalue weighted by molar-refractivity contribution is 0.888. The number of rotatable bonds is 2. The van der Waals surface area contributed by atoms with Crippen molar-refractivity contribution in [2.45, 2.75) is 6.92 Å². The highest BCUT2D eigenvalue weighted by Gasteiger charge is 2.03. The Morgan fingerprint density at radius 2 is 1.81 bits per heavy atom. The fourth-order valence-corrected chi connectivity index (χ4v) is 3.35. The van der Waals surface area contributed by atoms with Crippen molar-refractivity contribution < 1.29 is 0 Å². The summed E-state index contributed by atoms with van der Waals surface area (Å²) in [5.74, 6) is 0. The van der Waals surface area contributed by atoms with Crippen LogP contribution in [-0.4, -0.2) is 10.3 Å². The number of hydrogen-bond acceptors (Lipinski definition) is 3. The Bertz CT molecular complexity index is 890. The Morgan fingerprint density at radius 1 is 1.10 bits per heavy atom. The van der Waals surface area contributed by atoms with Crippen LogP contribution in [0.4, 0.5) is 0 Å². The average Bonchev–Trinajstić information content (AvgIpc) is 2.82. The van der Waals surface area contributed by atoms with Gasteiger partial charge in [0.1, 0.15) is 0 Å². The van der Waals surface area contributed by atoms with E-state index in [-0.39, 0.29) is 0 Å². The smallest absolute Gasteiger partial charge is 0.211 e. The van der Waals surface area contributed by atoms with E-state index in [2.05, 4.69) is 22.3 Å². The molecule has 0 radical (unpaired) electrons. The van der Waals surface area contributed by atoms with E-state index in [1.165, 1.54) is 4.70 Å². The molecule has 5 heteroatoms. The zero-order chi connectivity index (χ0) is 14.8. The standard InChI is InChI=1S/C16H14ClN3S/c1-11(12-7-3-4-8-13(12)17)18-19-16-20(2)14-9-5-6-10-15(14)21-16/h3-10H,1-2H3/b18-11+,19-16+. The molecule has 2 aromatic carbocycles. The third-order valence-corrected chi connectivity index (χ3v) is 4.70. The van der Waals surface area contributed by atoms with Crippen LogP contribution in [0.3, 0.4) is 0 Å². The van der Waals surface area contributed by atoms with Crippen LogP contribution in [0.15, 0.2) is 58.7 Å². The lowest BCUT2D eigenvalue weighted by Gasteiger charge is -2.00. The minimum absolute atomic E-state index is 0.690. The summed E-state index contributed by atoms with van der Waals surface area (Å²) in [6.07, 6.45) is 0. The van der Waals surface area contributed by atoms with Crippen molar-refractivity contribution in [3.05, 3.63) is 63.9 Å². The second-order valence-electron chi connectivity index (χ2n) is 4.68. The Labute approximate surface area is 131 Å². The first-order chi connectivity index (χ1) is 10.2. The molecule has 1 heterocycles. The van der Waals surface area contributed by atoms with Crippen molar-refractivity contribution in [1.82, 2.24) is 4.57 Å². The van der Waals surface area contributed by atoms with E-state index >= 15 is 0 Å². The predicted octanol–water partition coefficient (Wildman–Crippen LogP) is 4.22. The first kappa shape index (κ1) is 14.0. The van der Waals surface area contributed by atoms with Crippen molar-refractivity contribution in [2.24, 2.45) is 17.3 Å². The summed E-state index contributed by atoms with van der Waals surface area (Å²) >= 11 is 7.79. The summed E-state index contributed by atoms with van der Waals surface area (Å²) in [4.78, 5) is 0.864. The second kappa shape index (κ2) is 5.84. The monoisotopic (exact) mass is 315 g/mol. The van der Waals surface area contributed by atoms with Gasteiger partial charge in [-0.05, 0) is 25.1 Å². The van der Waals surface area contributed by atoms with E-state index in [1.54, 1.807) is 11.3 Å². The maximum Gasteiger partial charge on any atom is 0.211 e. The molecule has 0 unspecified atom stereocenters. The van der Waals surface area contributed by atoms with Crippen molar-refractivity contribution in [2.75, 3.05) is 0 Å². The molecule has 3 nitrogen and oxygen atoms in total. The largest absolute Gasteiger partial charge is 0.318 e. The van der Waals surface area contributed by atoms with Gasteiger partial charge in [-0.15, -0.1) is 5.10 Å². The molecule has 0 N–H and O–H groups in total. The van der Waals surface area contributed by atoms with E-state index in [4.69, 9.17) is 11.6 Å². The van der Waals surface area contributed by atoms with Crippen LogP contribution in [0.2, 0.25) is 5.02 Å². The molecule has 0 aliphatic heterocycles. The molecule has 106 valence electrons. The molecule has 0 aliphatic carbocycles. The Balaban J connectivity index is 2.07. The van der Waals surface area contributed by atoms with Gasteiger partial charge in [-0.1, -0.05) is 53.3 Å². The molecule has 0 atom stereocenters. The van der Waals surface area contributed by atoms with Gasteiger partial charge in [0.25, 0.3) is 0 Å². The van der Waals surface area contributed by atoms with Crippen LogP contribution in [0.25, 0.3) is 10.2 Å². The van der Waals surface area contributed by atoms with E-state index < -0.39 is 0 Å². The van der Waals surface area contributed by atoms with Gasteiger partial charge in [0.05, 0.1) is 15.9 Å². The molecular weight excluding hydrogens is 302 g/mol. The van der Waals surface area contributed by atoms with Crippen molar-refractivity contribution in [3.8, 4) is 0 Å². The zero-order valence-electron chi connectivity index (χ0n) is 11.7. The van der Waals surface area contributed by atoms with Crippen LogP contribution in [-0.2, 0) is 7.05 Å². The quantitative estimate of drug-likeness (QED) is 0.501. The Morgan fingerprint density at radius 3 is 2.57 bits per heavy atom. The topological polar surface area (TPSA) is 29.6 Å². The van der Waals surface area contributed by atoms with E-state index in [0.717, 1.165) is 21.6 Å². The number of fused-ring (bicyclic) bond motifs is 1. The summed E-state index contributed by atoms with van der Waals surface area (Å²) in [7, 11) is 2.00. The van der Waals surface area contributed by atoms with Crippen molar-refractivity contribution in [3.63, 3.8) is 0 Å². The lowest BCUT2D eigenvalue weighted by Crippen LogP contribution is -2.09. The number of benzene rings is 2. The highest BCUT2D eigenvalue weighted by Crippen LogP contribution is 2.17. The van der Waals surface area contributed by atoms with Crippen LogP contribution < -0.4 is 4.80 Å². The highest BCUT2D eigenvalue weighted by molar-refractivity contribution is 7.16. The fourth-order valence-electron chi connectivity index (χ4n) is 2.10. The molecular formula is C16H14ClN3S. The Hall–Kier alpha value is -1.91. The van der Waals surface area contributed by atoms with E-state index in [1.807, 2.05) is 54.9 Å². The summed E-state index contributed by atoms with van der Waals surface area (Å²) in [6, 6.07) is 15.9. The molecule has 0 spiro atoms. The molecule has 3 aromatic rings. The van der Waals surface area contributed by atoms with Crippen molar-refractivity contribution >= 4 is 38.9 Å². The molecule has 0 saturated carbocycles. The summed E-state index contributed by atoms with van der Waals surface area (Å²) in [5.41, 5.74) is 2.87. The van der Waals surface area contributed by atoms with Crippen LogP contribution in [0.1, 0.15) is 12.5 Å². The number of hydrogen-bond donors (Lipinski definition) is 0. The minimum atomic E-state index is 0.690. The SMILES string of the molecule is C/C(=N\N=c1\sc2ccccc2n1C)c1ccccc1Cl. The second-order valence-corrected chi connectivity index (χ2v) is 6.09. The van der Waals surface area contributed by atoms with E-state index in [0.29, 0.717) is 5.02 Å². The number of aromatic nitrogens is 1. The van der Waals surface area contributed by atoms with Gasteiger partial charge in [0, 0.05) is 17.6 Å². The summed E-state index contributed by atoms with van der Waals surface area (Å²) in [6.45, 7) is 1.91. The van der Waals surface area contributed by atoms with Gasteiger partial charge in [0.2, 0.25) is 4.80 Å². The molecule has 0 aliphatic rings. The summed E-state index contributed by atoms with van der Waals surface area (Å²) < 4.78 is 3.24. The van der Waals surface area contributed by atoms with Gasteiger partial charge < -0.3 is 4.57 Å². The number of thiazole rings is 1. The predicted molar refractivity (Wildman–Crippen MR) is 90.0 cm³/mol. The van der Waals surface area contributed by atoms with Crippen LogP contribution in [0, 0.1) is 0 Å². The molecule has 1 aromatic heterocycles. The third-order valence-electron chi connectivity index (χ3n) is 3.26. The van der Waals surface area contributed by atoms with E-state index in [9.17, 15) is 0 Å². The first-order valence-corrected chi connectivity index (χ1v) is 7.74. The van der Waals surface area contributed by atoms with Crippen LogP contribution in [0.5, 0.6) is 0 Å². The first-order valence-electron chi connectivity index (χ1n) is 6.54. The molecule has 21 heavy (non-hydrogen) atoms. The maximum atomic E-state index is 6.17. The summed E-state index contributed by atoms with van der Waals surface area (Å²) in [5, 5.41) is 9.39. The normalized spacial score (nSPS) is 13.1. The van der Waals surface area contributed by atoms with Gasteiger partial charge >= 0.3 is 0 Å². The maximum absolute atomic E-state index is 6.17. The zero-order valence-corrected chi connectivity index (χ0v) is 13.3. The molecule has 3 rings (SSSR count).